The van der Waals surface area contributed by atoms with E-state index in [4.69, 9.17) is 15.0 Å². The third kappa shape index (κ3) is 3.20. The van der Waals surface area contributed by atoms with Crippen molar-refractivity contribution < 1.29 is 14.1 Å². The van der Waals surface area contributed by atoms with E-state index in [9.17, 15) is 4.79 Å². The standard InChI is InChI=1S/C17H22N4O3/c1-10-5-6-11(9-12(10)18)14-19-15(24-20-14)13-7-8-21(13)16(22)23-17(2,3)4/h5-6,9,13H,7-8,18H2,1-4H3/t13-/m1/s1. The highest BCUT2D eigenvalue weighted by Crippen LogP contribution is 2.34. The number of carbonyl (C=O) groups is 1. The number of amides is 1. The van der Waals surface area contributed by atoms with Gasteiger partial charge in [0, 0.05) is 17.8 Å². The van der Waals surface area contributed by atoms with Gasteiger partial charge in [-0.15, -0.1) is 0 Å². The number of aryl methyl sites for hydroxylation is 1. The molecule has 0 unspecified atom stereocenters. The fourth-order valence-corrected chi connectivity index (χ4v) is 2.45. The second-order valence-electron chi connectivity index (χ2n) is 7.01. The number of likely N-dealkylation sites (tertiary alicyclic amines) is 1. The van der Waals surface area contributed by atoms with Crippen LogP contribution in [0.5, 0.6) is 0 Å². The lowest BCUT2D eigenvalue weighted by molar-refractivity contribution is -0.0119. The quantitative estimate of drug-likeness (QED) is 0.849. The second kappa shape index (κ2) is 5.81. The molecule has 0 saturated carbocycles. The smallest absolute Gasteiger partial charge is 0.410 e. The predicted molar refractivity (Wildman–Crippen MR) is 89.2 cm³/mol. The largest absolute Gasteiger partial charge is 0.444 e. The minimum absolute atomic E-state index is 0.233. The summed E-state index contributed by atoms with van der Waals surface area (Å²) >= 11 is 0. The SMILES string of the molecule is Cc1ccc(-c2noc([C@H]3CCN3C(=O)OC(C)(C)C)n2)cc1N. The summed E-state index contributed by atoms with van der Waals surface area (Å²) in [5.74, 6) is 0.883. The third-order valence-electron chi connectivity index (χ3n) is 3.91. The Balaban J connectivity index is 1.76. The molecule has 128 valence electrons. The van der Waals surface area contributed by atoms with Crippen molar-refractivity contribution in [3.05, 3.63) is 29.7 Å². The first kappa shape index (κ1) is 16.3. The van der Waals surface area contributed by atoms with Crippen molar-refractivity contribution in [3.8, 4) is 11.4 Å². The Bertz CT molecular complexity index is 763. The molecule has 0 radical (unpaired) electrons. The van der Waals surface area contributed by atoms with E-state index in [1.807, 2.05) is 45.9 Å². The number of nitrogens with zero attached hydrogens (tertiary/aromatic N) is 3. The van der Waals surface area contributed by atoms with Crippen LogP contribution >= 0.6 is 0 Å². The summed E-state index contributed by atoms with van der Waals surface area (Å²) in [7, 11) is 0. The van der Waals surface area contributed by atoms with Crippen molar-refractivity contribution in [1.29, 1.82) is 0 Å². The van der Waals surface area contributed by atoms with Crippen LogP contribution in [0.3, 0.4) is 0 Å². The van der Waals surface area contributed by atoms with Gasteiger partial charge >= 0.3 is 6.09 Å². The first-order valence-electron chi connectivity index (χ1n) is 7.94. The van der Waals surface area contributed by atoms with Crippen LogP contribution < -0.4 is 5.73 Å². The van der Waals surface area contributed by atoms with Crippen LogP contribution in [0.1, 0.15) is 44.7 Å². The van der Waals surface area contributed by atoms with Gasteiger partial charge in [0.1, 0.15) is 11.6 Å². The van der Waals surface area contributed by atoms with Crippen molar-refractivity contribution in [2.75, 3.05) is 12.3 Å². The van der Waals surface area contributed by atoms with Gasteiger partial charge in [-0.1, -0.05) is 17.3 Å². The molecule has 7 heteroatoms. The molecule has 0 spiro atoms. The highest BCUT2D eigenvalue weighted by atomic mass is 16.6. The molecule has 1 aliphatic heterocycles. The summed E-state index contributed by atoms with van der Waals surface area (Å²) in [6.45, 7) is 8.08. The Morgan fingerprint density at radius 1 is 1.42 bits per heavy atom. The van der Waals surface area contributed by atoms with Gasteiger partial charge in [-0.25, -0.2) is 4.79 Å². The van der Waals surface area contributed by atoms with Crippen LogP contribution in [0.2, 0.25) is 0 Å². The number of carbonyl (C=O) groups excluding carboxylic acids is 1. The second-order valence-corrected chi connectivity index (χ2v) is 7.01. The van der Waals surface area contributed by atoms with Gasteiger partial charge in [-0.2, -0.15) is 4.98 Å². The van der Waals surface area contributed by atoms with Crippen molar-refractivity contribution in [3.63, 3.8) is 0 Å². The van der Waals surface area contributed by atoms with Crippen LogP contribution in [0, 0.1) is 6.92 Å². The van der Waals surface area contributed by atoms with Crippen molar-refractivity contribution in [1.82, 2.24) is 15.0 Å². The van der Waals surface area contributed by atoms with E-state index < -0.39 is 5.60 Å². The number of benzene rings is 1. The number of hydrogen-bond acceptors (Lipinski definition) is 6. The maximum atomic E-state index is 12.2. The molecule has 24 heavy (non-hydrogen) atoms. The number of ether oxygens (including phenoxy) is 1. The number of aromatic nitrogens is 2. The molecule has 1 saturated heterocycles. The lowest BCUT2D eigenvalue weighted by Gasteiger charge is -2.39. The topological polar surface area (TPSA) is 94.5 Å². The Kier molecular flexibility index (Phi) is 3.95. The number of anilines is 1. The summed E-state index contributed by atoms with van der Waals surface area (Å²) in [6, 6.07) is 5.39. The van der Waals surface area contributed by atoms with Crippen LogP contribution in [0.4, 0.5) is 10.5 Å². The zero-order valence-electron chi connectivity index (χ0n) is 14.4. The first-order chi connectivity index (χ1) is 11.2. The highest BCUT2D eigenvalue weighted by molar-refractivity contribution is 5.70. The van der Waals surface area contributed by atoms with E-state index >= 15 is 0 Å². The van der Waals surface area contributed by atoms with E-state index in [2.05, 4.69) is 10.1 Å². The Hall–Kier alpha value is -2.57. The summed E-state index contributed by atoms with van der Waals surface area (Å²) in [5.41, 5.74) is 7.86. The monoisotopic (exact) mass is 330 g/mol. The first-order valence-corrected chi connectivity index (χ1v) is 7.94. The molecular formula is C17H22N4O3. The molecule has 0 bridgehead atoms. The van der Waals surface area contributed by atoms with Crippen molar-refractivity contribution >= 4 is 11.8 Å². The number of rotatable bonds is 2. The predicted octanol–water partition coefficient (Wildman–Crippen LogP) is 3.31. The van der Waals surface area contributed by atoms with E-state index in [0.717, 1.165) is 17.5 Å². The average molecular weight is 330 g/mol. The third-order valence-corrected chi connectivity index (χ3v) is 3.91. The van der Waals surface area contributed by atoms with Gasteiger partial charge in [-0.3, -0.25) is 4.90 Å². The summed E-state index contributed by atoms with van der Waals surface area (Å²) in [5, 5.41) is 4.01. The van der Waals surface area contributed by atoms with Gasteiger partial charge in [0.15, 0.2) is 0 Å². The van der Waals surface area contributed by atoms with E-state index in [1.54, 1.807) is 4.90 Å². The van der Waals surface area contributed by atoms with Crippen LogP contribution in [-0.2, 0) is 4.74 Å². The minimum Gasteiger partial charge on any atom is -0.444 e. The van der Waals surface area contributed by atoms with Gasteiger partial charge in [0.2, 0.25) is 11.7 Å². The summed E-state index contributed by atoms with van der Waals surface area (Å²) in [4.78, 5) is 18.2. The molecule has 0 aliphatic carbocycles. The Morgan fingerprint density at radius 2 is 2.17 bits per heavy atom. The van der Waals surface area contributed by atoms with Crippen LogP contribution in [0.15, 0.2) is 22.7 Å². The summed E-state index contributed by atoms with van der Waals surface area (Å²) in [6.07, 6.45) is 0.412. The molecule has 1 aromatic heterocycles. The van der Waals surface area contributed by atoms with Crippen molar-refractivity contribution in [2.45, 2.75) is 45.8 Å². The fourth-order valence-electron chi connectivity index (χ4n) is 2.45. The molecule has 1 aromatic carbocycles. The van der Waals surface area contributed by atoms with Gasteiger partial charge < -0.3 is 15.0 Å². The number of nitrogen functional groups attached to an aromatic ring is 1. The lowest BCUT2D eigenvalue weighted by Crippen LogP contribution is -2.47. The van der Waals surface area contributed by atoms with Crippen LogP contribution in [-0.4, -0.2) is 33.3 Å². The van der Waals surface area contributed by atoms with E-state index in [-0.39, 0.29) is 12.1 Å². The molecule has 2 N–H and O–H groups in total. The zero-order valence-corrected chi connectivity index (χ0v) is 14.4. The Morgan fingerprint density at radius 3 is 2.75 bits per heavy atom. The fraction of sp³-hybridized carbons (Fsp3) is 0.471. The maximum absolute atomic E-state index is 12.2. The van der Waals surface area contributed by atoms with Gasteiger partial charge in [0.05, 0.1) is 0 Å². The molecule has 1 aliphatic rings. The van der Waals surface area contributed by atoms with Gasteiger partial charge in [-0.05, 0) is 45.7 Å². The molecule has 2 aromatic rings. The van der Waals surface area contributed by atoms with E-state index in [0.29, 0.717) is 23.9 Å². The molecule has 7 nitrogen and oxygen atoms in total. The lowest BCUT2D eigenvalue weighted by atomic mass is 10.0. The number of hydrogen-bond donors (Lipinski definition) is 1. The Labute approximate surface area is 140 Å². The average Bonchev–Trinajstić information content (AvgIpc) is 2.87. The molecule has 1 amide bonds. The number of nitrogens with two attached hydrogens (primary N) is 1. The van der Waals surface area contributed by atoms with Gasteiger partial charge in [0.25, 0.3) is 0 Å². The maximum Gasteiger partial charge on any atom is 0.410 e. The minimum atomic E-state index is -0.531. The molecule has 1 fully saturated rings. The zero-order chi connectivity index (χ0) is 17.5. The molecule has 1 atom stereocenters. The summed E-state index contributed by atoms with van der Waals surface area (Å²) < 4.78 is 10.7. The highest BCUT2D eigenvalue weighted by Gasteiger charge is 2.39. The van der Waals surface area contributed by atoms with Crippen LogP contribution in [0.25, 0.3) is 11.4 Å². The molecule has 2 heterocycles. The van der Waals surface area contributed by atoms with Crippen molar-refractivity contribution in [2.24, 2.45) is 0 Å². The van der Waals surface area contributed by atoms with E-state index in [1.165, 1.54) is 0 Å². The normalized spacial score (nSPS) is 17.5. The molecule has 3 rings (SSSR count). The molecular weight excluding hydrogens is 308 g/mol.